The number of methoxy groups -OCH3 is 3. The third kappa shape index (κ3) is 33.1. The van der Waals surface area contributed by atoms with Crippen molar-refractivity contribution in [3.8, 4) is 0 Å². The summed E-state index contributed by atoms with van der Waals surface area (Å²) in [4.78, 5) is 0. The fourth-order valence-electron chi connectivity index (χ4n) is 6.90. The second kappa shape index (κ2) is 30.0. The molecule has 0 radical (unpaired) electrons. The highest BCUT2D eigenvalue weighted by molar-refractivity contribution is 4.88. The van der Waals surface area contributed by atoms with Gasteiger partial charge in [-0.05, 0) is 129 Å². The van der Waals surface area contributed by atoms with Crippen LogP contribution in [-0.4, -0.2) is 70.4 Å². The van der Waals surface area contributed by atoms with Crippen molar-refractivity contribution in [1.82, 2.24) is 0 Å². The molecule has 2 fully saturated rings. The van der Waals surface area contributed by atoms with Crippen molar-refractivity contribution in [2.75, 3.05) is 47.9 Å². The molecule has 0 aromatic rings. The zero-order chi connectivity index (χ0) is 41.2. The van der Waals surface area contributed by atoms with Crippen LogP contribution in [0.2, 0.25) is 0 Å². The molecule has 7 atom stereocenters. The molecule has 2 N–H and O–H groups in total. The Morgan fingerprint density at radius 3 is 1.38 bits per heavy atom. The van der Waals surface area contributed by atoms with Crippen molar-refractivity contribution < 1.29 is 29.2 Å². The summed E-state index contributed by atoms with van der Waals surface area (Å²) in [5, 5.41) is 20.5. The molecule has 52 heavy (non-hydrogen) atoms. The van der Waals surface area contributed by atoms with E-state index in [0.717, 1.165) is 56.8 Å². The van der Waals surface area contributed by atoms with Crippen LogP contribution in [0, 0.1) is 51.2 Å². The summed E-state index contributed by atoms with van der Waals surface area (Å²) >= 11 is 0. The van der Waals surface area contributed by atoms with Crippen LogP contribution in [-0.2, 0) is 18.9 Å². The number of rotatable bonds is 12. The predicted molar refractivity (Wildman–Crippen MR) is 227 cm³/mol. The van der Waals surface area contributed by atoms with E-state index in [4.69, 9.17) is 9.47 Å². The minimum absolute atomic E-state index is 0.0686. The number of aliphatic hydroxyl groups excluding tert-OH is 2. The molecule has 318 valence electrons. The van der Waals surface area contributed by atoms with Gasteiger partial charge in [-0.25, -0.2) is 0 Å². The Balaban J connectivity index is -0.000000637. The van der Waals surface area contributed by atoms with Crippen LogP contribution in [0.1, 0.15) is 188 Å². The Hall–Kier alpha value is -0.240. The lowest BCUT2D eigenvalue weighted by atomic mass is 9.66. The molecule has 0 amide bonds. The Morgan fingerprint density at radius 1 is 0.596 bits per heavy atom. The van der Waals surface area contributed by atoms with E-state index in [-0.39, 0.29) is 23.0 Å². The normalized spacial score (nSPS) is 24.4. The van der Waals surface area contributed by atoms with Gasteiger partial charge >= 0.3 is 0 Å². The van der Waals surface area contributed by atoms with E-state index < -0.39 is 0 Å². The number of hydrogen-bond acceptors (Lipinski definition) is 6. The van der Waals surface area contributed by atoms with Gasteiger partial charge in [-0.3, -0.25) is 0 Å². The maximum absolute atomic E-state index is 10.3. The molecule has 2 saturated carbocycles. The Bertz CT molecular complexity index is 766. The van der Waals surface area contributed by atoms with E-state index in [9.17, 15) is 10.2 Å². The molecular weight excluding hydrogens is 649 g/mol. The number of ether oxygens (including phenoxy) is 4. The standard InChI is InChI=1S/2C16H32O.C6H14O.C5H12O2.C3H8O/c1-15(2,3)10-9-12-7-8-14(17)13(11-12)16(4,5)6;1-15(2,3)10-9-12-7-8-13(14(17)11-12)16(4,5)6;1-4-6(2)5-7-3;1-3-4-7-5-6-2;1-3-4-2/h2*12-14,17H,7-11H2,1-6H3;6H,4-5H2,1-3H3;3-5H2,1-2H3;3H2,1-2H3. The lowest BCUT2D eigenvalue weighted by Crippen LogP contribution is -2.37. The number of hydrogen-bond donors (Lipinski definition) is 2. The van der Waals surface area contributed by atoms with Crippen molar-refractivity contribution in [1.29, 1.82) is 0 Å². The summed E-state index contributed by atoms with van der Waals surface area (Å²) in [6, 6.07) is 0. The molecule has 6 heteroatoms. The number of aliphatic hydroxyl groups is 2. The quantitative estimate of drug-likeness (QED) is 0.153. The monoisotopic (exact) mass is 747 g/mol. The first-order valence-electron chi connectivity index (χ1n) is 21.2. The van der Waals surface area contributed by atoms with Crippen molar-refractivity contribution in [2.45, 2.75) is 200 Å². The first-order chi connectivity index (χ1) is 23.8. The maximum Gasteiger partial charge on any atom is 0.146 e. The third-order valence-corrected chi connectivity index (χ3v) is 10.7. The fourth-order valence-corrected chi connectivity index (χ4v) is 6.90. The van der Waals surface area contributed by atoms with E-state index in [0.29, 0.717) is 29.5 Å². The molecular formula is C46H98O6. The largest absolute Gasteiger partial charge is 0.393 e. The van der Waals surface area contributed by atoms with Crippen molar-refractivity contribution in [3.63, 3.8) is 0 Å². The molecule has 0 aromatic heterocycles. The smallest absolute Gasteiger partial charge is 0.146 e. The second-order valence-electron chi connectivity index (χ2n) is 20.5. The zero-order valence-corrected chi connectivity index (χ0v) is 38.9. The van der Waals surface area contributed by atoms with E-state index in [2.05, 4.69) is 113 Å². The zero-order valence-electron chi connectivity index (χ0n) is 38.9. The average Bonchev–Trinajstić information content (AvgIpc) is 3.03. The van der Waals surface area contributed by atoms with Crippen LogP contribution in [0.5, 0.6) is 0 Å². The van der Waals surface area contributed by atoms with E-state index >= 15 is 0 Å². The SMILES string of the molecule is CC(C)(C)CCC1CCC(C(C)(C)C)C(O)C1.CC(C)(C)CCC1CCC(O)C(C(C)(C)C)C1.CCC(C)COC.CCCOCOC.CCOC. The van der Waals surface area contributed by atoms with Crippen molar-refractivity contribution in [3.05, 3.63) is 0 Å². The van der Waals surface area contributed by atoms with E-state index in [1.54, 1.807) is 21.3 Å². The van der Waals surface area contributed by atoms with Crippen molar-refractivity contribution >= 4 is 0 Å². The predicted octanol–water partition coefficient (Wildman–Crippen LogP) is 12.6. The van der Waals surface area contributed by atoms with Gasteiger partial charge in [0.1, 0.15) is 6.79 Å². The summed E-state index contributed by atoms with van der Waals surface area (Å²) in [5.41, 5.74) is 1.40. The Kier molecular flexibility index (Phi) is 32.3. The highest BCUT2D eigenvalue weighted by atomic mass is 16.7. The van der Waals surface area contributed by atoms with Gasteiger partial charge in [-0.2, -0.15) is 0 Å². The molecule has 0 spiro atoms. The second-order valence-corrected chi connectivity index (χ2v) is 20.5. The van der Waals surface area contributed by atoms with Crippen LogP contribution >= 0.6 is 0 Å². The minimum atomic E-state index is -0.0753. The molecule has 0 saturated heterocycles. The lowest BCUT2D eigenvalue weighted by Gasteiger charge is -2.41. The first kappa shape index (κ1) is 56.1. The molecule has 2 aliphatic carbocycles. The molecule has 0 heterocycles. The van der Waals surface area contributed by atoms with Gasteiger partial charge in [-0.1, -0.05) is 110 Å². The van der Waals surface area contributed by atoms with Crippen LogP contribution in [0.4, 0.5) is 0 Å². The maximum atomic E-state index is 10.3. The minimum Gasteiger partial charge on any atom is -0.393 e. The van der Waals surface area contributed by atoms with Gasteiger partial charge in [0.25, 0.3) is 0 Å². The molecule has 2 rings (SSSR count). The van der Waals surface area contributed by atoms with Gasteiger partial charge in [0, 0.05) is 41.2 Å². The third-order valence-electron chi connectivity index (χ3n) is 10.7. The van der Waals surface area contributed by atoms with Gasteiger partial charge in [0.2, 0.25) is 0 Å². The highest BCUT2D eigenvalue weighted by Gasteiger charge is 2.37. The summed E-state index contributed by atoms with van der Waals surface area (Å²) < 4.78 is 19.0. The van der Waals surface area contributed by atoms with Gasteiger partial charge in [0.05, 0.1) is 12.2 Å². The fraction of sp³-hybridized carbons (Fsp3) is 1.00. The molecule has 0 aromatic carbocycles. The Labute approximate surface area is 327 Å². The van der Waals surface area contributed by atoms with Gasteiger partial charge in [0.15, 0.2) is 0 Å². The highest BCUT2D eigenvalue weighted by Crippen LogP contribution is 2.43. The summed E-state index contributed by atoms with van der Waals surface area (Å²) in [5.74, 6) is 3.30. The lowest BCUT2D eigenvalue weighted by molar-refractivity contribution is -0.0300. The molecule has 0 bridgehead atoms. The molecule has 2 aliphatic rings. The summed E-state index contributed by atoms with van der Waals surface area (Å²) in [6.45, 7) is 38.8. The van der Waals surface area contributed by atoms with Crippen molar-refractivity contribution in [2.24, 2.45) is 51.2 Å². The molecule has 0 aliphatic heterocycles. The molecule has 6 nitrogen and oxygen atoms in total. The summed E-state index contributed by atoms with van der Waals surface area (Å²) in [6.07, 6.45) is 14.4. The Morgan fingerprint density at radius 2 is 1.06 bits per heavy atom. The van der Waals surface area contributed by atoms with Gasteiger partial charge in [-0.15, -0.1) is 0 Å². The van der Waals surface area contributed by atoms with Gasteiger partial charge < -0.3 is 29.2 Å². The van der Waals surface area contributed by atoms with E-state index in [1.165, 1.54) is 57.8 Å². The van der Waals surface area contributed by atoms with Crippen LogP contribution in [0.3, 0.4) is 0 Å². The van der Waals surface area contributed by atoms with Crippen LogP contribution in [0.15, 0.2) is 0 Å². The summed E-state index contributed by atoms with van der Waals surface area (Å²) in [7, 11) is 5.04. The molecule has 7 unspecified atom stereocenters. The van der Waals surface area contributed by atoms with E-state index in [1.807, 2.05) is 6.92 Å². The first-order valence-corrected chi connectivity index (χ1v) is 21.2. The average molecular weight is 747 g/mol. The van der Waals surface area contributed by atoms with Crippen LogP contribution in [0.25, 0.3) is 0 Å². The topological polar surface area (TPSA) is 77.4 Å². The van der Waals surface area contributed by atoms with Crippen LogP contribution < -0.4 is 0 Å².